The van der Waals surface area contributed by atoms with E-state index in [0.29, 0.717) is 13.1 Å². The second-order valence-electron chi connectivity index (χ2n) is 6.51. The molecule has 1 N–H and O–H groups in total. The minimum absolute atomic E-state index is 0.0249. The predicted octanol–water partition coefficient (Wildman–Crippen LogP) is 3.80. The molecule has 0 aliphatic carbocycles. The van der Waals surface area contributed by atoms with Crippen LogP contribution in [0.2, 0.25) is 0 Å². The summed E-state index contributed by atoms with van der Waals surface area (Å²) in [6.45, 7) is 5.08. The Labute approximate surface area is 157 Å². The molecular weight excluding hydrogens is 346 g/mol. The lowest BCUT2D eigenvalue weighted by Gasteiger charge is -2.33. The van der Waals surface area contributed by atoms with Gasteiger partial charge >= 0.3 is 6.03 Å². The Kier molecular flexibility index (Phi) is 4.15. The molecule has 0 unspecified atom stereocenters. The van der Waals surface area contributed by atoms with E-state index in [2.05, 4.69) is 5.32 Å². The number of anilines is 2. The van der Waals surface area contributed by atoms with E-state index in [1.165, 1.54) is 0 Å². The first-order valence-electron chi connectivity index (χ1n) is 8.78. The van der Waals surface area contributed by atoms with Crippen LogP contribution in [0.25, 0.3) is 0 Å². The molecule has 0 aromatic heterocycles. The number of aryl methyl sites for hydroxylation is 1. The molecule has 5 nitrogen and oxygen atoms in total. The van der Waals surface area contributed by atoms with Crippen molar-refractivity contribution < 1.29 is 9.59 Å². The first-order chi connectivity index (χ1) is 12.6. The van der Waals surface area contributed by atoms with E-state index in [9.17, 15) is 9.59 Å². The van der Waals surface area contributed by atoms with Crippen LogP contribution in [-0.4, -0.2) is 35.7 Å². The molecule has 1 fully saturated rings. The quantitative estimate of drug-likeness (QED) is 0.878. The first kappa shape index (κ1) is 17.0. The van der Waals surface area contributed by atoms with Crippen molar-refractivity contribution in [1.82, 2.24) is 4.90 Å². The highest BCUT2D eigenvalue weighted by Gasteiger charge is 2.59. The molecule has 0 radical (unpaired) electrons. The maximum absolute atomic E-state index is 13.3. The van der Waals surface area contributed by atoms with Gasteiger partial charge < -0.3 is 10.2 Å². The molecule has 4 rings (SSSR count). The van der Waals surface area contributed by atoms with E-state index in [4.69, 9.17) is 0 Å². The maximum Gasteiger partial charge on any atom is 0.323 e. The summed E-state index contributed by atoms with van der Waals surface area (Å²) in [5.74, 6) is 0.710. The van der Waals surface area contributed by atoms with Crippen LogP contribution in [-0.2, 0) is 9.67 Å². The fourth-order valence-corrected chi connectivity index (χ4v) is 5.26. The highest BCUT2D eigenvalue weighted by atomic mass is 32.2. The number of carbonyl (C=O) groups excluding carboxylic acids is 2. The van der Waals surface area contributed by atoms with Gasteiger partial charge in [0.2, 0.25) is 0 Å². The van der Waals surface area contributed by atoms with Crippen molar-refractivity contribution in [3.05, 3.63) is 59.7 Å². The normalized spacial score (nSPS) is 21.4. The molecule has 0 bridgehead atoms. The van der Waals surface area contributed by atoms with Gasteiger partial charge in [-0.05, 0) is 37.6 Å². The summed E-state index contributed by atoms with van der Waals surface area (Å²) >= 11 is 1.55. The number of amides is 3. The molecule has 2 aromatic carbocycles. The highest BCUT2D eigenvalue weighted by Crippen LogP contribution is 2.53. The molecule has 1 saturated heterocycles. The number of rotatable bonds is 2. The number of urea groups is 1. The molecule has 26 heavy (non-hydrogen) atoms. The van der Waals surface area contributed by atoms with Crippen LogP contribution >= 0.6 is 11.8 Å². The van der Waals surface area contributed by atoms with Crippen LogP contribution in [0.5, 0.6) is 0 Å². The molecule has 0 saturated carbocycles. The third-order valence-corrected chi connectivity index (χ3v) is 6.35. The lowest BCUT2D eigenvalue weighted by molar-refractivity contribution is -0.123. The first-order valence-corrected chi connectivity index (χ1v) is 9.77. The van der Waals surface area contributed by atoms with Gasteiger partial charge in [0.25, 0.3) is 5.91 Å². The molecular formula is C20H21N3O2S. The monoisotopic (exact) mass is 367 g/mol. The zero-order valence-electron chi connectivity index (χ0n) is 14.9. The Hall–Kier alpha value is -2.47. The van der Waals surface area contributed by atoms with Crippen molar-refractivity contribution in [2.45, 2.75) is 18.7 Å². The van der Waals surface area contributed by atoms with Crippen molar-refractivity contribution in [3.63, 3.8) is 0 Å². The summed E-state index contributed by atoms with van der Waals surface area (Å²) in [4.78, 5) is 28.9. The number of fused-ring (bicyclic) bond motifs is 2. The number of benzene rings is 2. The smallest absolute Gasteiger partial charge is 0.309 e. The van der Waals surface area contributed by atoms with Crippen molar-refractivity contribution in [1.29, 1.82) is 0 Å². The number of hydrogen-bond acceptors (Lipinski definition) is 3. The van der Waals surface area contributed by atoms with E-state index < -0.39 is 4.87 Å². The second kappa shape index (κ2) is 6.36. The molecule has 1 atom stereocenters. The van der Waals surface area contributed by atoms with Crippen LogP contribution < -0.4 is 10.2 Å². The molecule has 3 amide bonds. The van der Waals surface area contributed by atoms with Crippen LogP contribution in [0, 0.1) is 6.92 Å². The minimum Gasteiger partial charge on any atom is -0.309 e. The molecule has 134 valence electrons. The zero-order chi connectivity index (χ0) is 18.3. The number of nitrogens with one attached hydrogen (secondary N) is 1. The third kappa shape index (κ3) is 2.40. The third-order valence-electron chi connectivity index (χ3n) is 4.93. The van der Waals surface area contributed by atoms with Crippen molar-refractivity contribution in [3.8, 4) is 0 Å². The fraction of sp³-hybridized carbons (Fsp3) is 0.300. The molecule has 2 aliphatic rings. The van der Waals surface area contributed by atoms with Gasteiger partial charge in [0.05, 0.1) is 5.69 Å². The van der Waals surface area contributed by atoms with Crippen molar-refractivity contribution >= 4 is 35.1 Å². The van der Waals surface area contributed by atoms with Crippen LogP contribution in [0.4, 0.5) is 16.2 Å². The standard InChI is InChI=1S/C20H21N3O2S/c1-3-22-17-10-5-4-9-16(17)20(18(22)24)23(11-12-26-20)19(25)21-15-8-6-7-14(2)13-15/h4-10,13H,3,11-12H2,1-2H3,(H,21,25)/t20-/m0/s1. The minimum atomic E-state index is -0.958. The Morgan fingerprint density at radius 3 is 2.81 bits per heavy atom. The lowest BCUT2D eigenvalue weighted by Crippen LogP contribution is -2.51. The fourth-order valence-electron chi connectivity index (χ4n) is 3.80. The molecule has 6 heteroatoms. The number of hydrogen-bond donors (Lipinski definition) is 1. The average molecular weight is 367 g/mol. The largest absolute Gasteiger partial charge is 0.323 e. The maximum atomic E-state index is 13.3. The van der Waals surface area contributed by atoms with E-state index in [1.807, 2.05) is 62.4 Å². The van der Waals surface area contributed by atoms with Gasteiger partial charge in [0.15, 0.2) is 4.87 Å². The van der Waals surface area contributed by atoms with Crippen LogP contribution in [0.15, 0.2) is 48.5 Å². The van der Waals surface area contributed by atoms with Gasteiger partial charge in [-0.2, -0.15) is 0 Å². The van der Waals surface area contributed by atoms with E-state index in [0.717, 1.165) is 28.3 Å². The summed E-state index contributed by atoms with van der Waals surface area (Å²) in [5.41, 5.74) is 3.64. The van der Waals surface area contributed by atoms with Crippen LogP contribution in [0.3, 0.4) is 0 Å². The van der Waals surface area contributed by atoms with Gasteiger partial charge in [-0.25, -0.2) is 4.79 Å². The topological polar surface area (TPSA) is 52.7 Å². The van der Waals surface area contributed by atoms with Gasteiger partial charge in [0, 0.05) is 30.1 Å². The molecule has 2 aliphatic heterocycles. The number of thioether (sulfide) groups is 1. The Morgan fingerprint density at radius 2 is 2.04 bits per heavy atom. The van der Waals surface area contributed by atoms with Gasteiger partial charge in [-0.3, -0.25) is 9.69 Å². The van der Waals surface area contributed by atoms with E-state index in [1.54, 1.807) is 21.6 Å². The second-order valence-corrected chi connectivity index (χ2v) is 7.80. The lowest BCUT2D eigenvalue weighted by atomic mass is 10.1. The van der Waals surface area contributed by atoms with Crippen molar-refractivity contribution in [2.24, 2.45) is 0 Å². The molecule has 1 spiro atoms. The van der Waals surface area contributed by atoms with Crippen LogP contribution in [0.1, 0.15) is 18.1 Å². The number of para-hydroxylation sites is 1. The van der Waals surface area contributed by atoms with Crippen molar-refractivity contribution in [2.75, 3.05) is 29.1 Å². The Morgan fingerprint density at radius 1 is 1.23 bits per heavy atom. The van der Waals surface area contributed by atoms with E-state index >= 15 is 0 Å². The Bertz CT molecular complexity index is 885. The number of carbonyl (C=O) groups is 2. The summed E-state index contributed by atoms with van der Waals surface area (Å²) in [5, 5.41) is 2.96. The highest BCUT2D eigenvalue weighted by molar-refractivity contribution is 8.01. The van der Waals surface area contributed by atoms with Gasteiger partial charge in [-0.15, -0.1) is 11.8 Å². The summed E-state index contributed by atoms with van der Waals surface area (Å²) < 4.78 is 0. The predicted molar refractivity (Wildman–Crippen MR) is 106 cm³/mol. The average Bonchev–Trinajstić information content (AvgIpc) is 3.17. The Balaban J connectivity index is 1.72. The van der Waals surface area contributed by atoms with Gasteiger partial charge in [-0.1, -0.05) is 30.3 Å². The molecule has 2 heterocycles. The SMILES string of the molecule is CCN1C(=O)[C@@]2(SCCN2C(=O)Nc2cccc(C)c2)c2ccccc21. The summed E-state index contributed by atoms with van der Waals surface area (Å²) in [6.07, 6.45) is 0. The zero-order valence-corrected chi connectivity index (χ0v) is 15.7. The number of likely N-dealkylation sites (N-methyl/N-ethyl adjacent to an activating group) is 1. The van der Waals surface area contributed by atoms with E-state index in [-0.39, 0.29) is 11.9 Å². The van der Waals surface area contributed by atoms with Gasteiger partial charge in [0.1, 0.15) is 0 Å². The molecule has 2 aromatic rings. The summed E-state index contributed by atoms with van der Waals surface area (Å²) in [7, 11) is 0. The number of nitrogens with zero attached hydrogens (tertiary/aromatic N) is 2. The summed E-state index contributed by atoms with van der Waals surface area (Å²) in [6, 6.07) is 15.2.